The number of sulfone groups is 1. The number of aromatic carboxylic acids is 1. The molecule has 0 saturated heterocycles. The average molecular weight is 384 g/mol. The number of aromatic nitrogens is 1. The SMILES string of the molecule is O=C(O)c1ccc2n(c1=O)CCN(CC1(S(=O)(=O)C3(F)CC3)CC1)C2=O. The van der Waals surface area contributed by atoms with Crippen LogP contribution in [0.3, 0.4) is 0 Å². The van der Waals surface area contributed by atoms with Crippen molar-refractivity contribution >= 4 is 21.7 Å². The summed E-state index contributed by atoms with van der Waals surface area (Å²) in [4.78, 5) is 37.2. The largest absolute Gasteiger partial charge is 0.477 e. The maximum absolute atomic E-state index is 14.3. The second-order valence-electron chi connectivity index (χ2n) is 7.19. The molecule has 140 valence electrons. The summed E-state index contributed by atoms with van der Waals surface area (Å²) in [5, 5.41) is 6.85. The first-order chi connectivity index (χ1) is 12.1. The van der Waals surface area contributed by atoms with Crippen molar-refractivity contribution in [3.8, 4) is 0 Å². The van der Waals surface area contributed by atoms with Crippen LogP contribution in [0.1, 0.15) is 46.5 Å². The minimum Gasteiger partial charge on any atom is -0.477 e. The Bertz CT molecular complexity index is 990. The van der Waals surface area contributed by atoms with E-state index in [0.717, 1.165) is 10.6 Å². The molecule has 1 N–H and O–H groups in total. The molecule has 10 heteroatoms. The normalized spacial score (nSPS) is 22.7. The Kier molecular flexibility index (Phi) is 3.41. The molecule has 3 aliphatic rings. The Labute approximate surface area is 148 Å². The number of carbonyl (C=O) groups is 2. The van der Waals surface area contributed by atoms with Gasteiger partial charge in [0.25, 0.3) is 11.5 Å². The van der Waals surface area contributed by atoms with Gasteiger partial charge >= 0.3 is 5.97 Å². The van der Waals surface area contributed by atoms with Gasteiger partial charge < -0.3 is 14.6 Å². The Morgan fingerprint density at radius 2 is 1.81 bits per heavy atom. The highest BCUT2D eigenvalue weighted by atomic mass is 32.2. The van der Waals surface area contributed by atoms with E-state index in [1.54, 1.807) is 0 Å². The molecule has 0 spiro atoms. The molecule has 1 aromatic heterocycles. The number of hydrogen-bond acceptors (Lipinski definition) is 5. The summed E-state index contributed by atoms with van der Waals surface area (Å²) in [6, 6.07) is 2.33. The summed E-state index contributed by atoms with van der Waals surface area (Å²) in [6.45, 7) is 0.0397. The summed E-state index contributed by atoms with van der Waals surface area (Å²) < 4.78 is 39.3. The molecule has 1 aromatic rings. The van der Waals surface area contributed by atoms with Crippen LogP contribution in [0, 0.1) is 0 Å². The van der Waals surface area contributed by atoms with Crippen LogP contribution in [0.5, 0.6) is 0 Å². The number of carbonyl (C=O) groups excluding carboxylic acids is 1. The minimum absolute atomic E-state index is 0.00121. The lowest BCUT2D eigenvalue weighted by Crippen LogP contribution is -2.50. The third-order valence-corrected chi connectivity index (χ3v) is 8.53. The number of fused-ring (bicyclic) bond motifs is 1. The zero-order valence-electron chi connectivity index (χ0n) is 13.8. The van der Waals surface area contributed by atoms with E-state index in [4.69, 9.17) is 5.11 Å². The first-order valence-electron chi connectivity index (χ1n) is 8.31. The first-order valence-corrected chi connectivity index (χ1v) is 9.80. The molecule has 1 amide bonds. The topological polar surface area (TPSA) is 114 Å². The van der Waals surface area contributed by atoms with Crippen molar-refractivity contribution < 1.29 is 27.5 Å². The first kappa shape index (κ1) is 17.2. The van der Waals surface area contributed by atoms with Gasteiger partial charge in [0.05, 0.1) is 4.75 Å². The number of rotatable bonds is 5. The van der Waals surface area contributed by atoms with Crippen molar-refractivity contribution in [3.63, 3.8) is 0 Å². The van der Waals surface area contributed by atoms with Crippen molar-refractivity contribution in [2.24, 2.45) is 0 Å². The average Bonchev–Trinajstić information content (AvgIpc) is 3.48. The van der Waals surface area contributed by atoms with Crippen molar-refractivity contribution in [2.75, 3.05) is 13.1 Å². The minimum atomic E-state index is -3.99. The third-order valence-electron chi connectivity index (χ3n) is 5.49. The Morgan fingerprint density at radius 3 is 2.35 bits per heavy atom. The van der Waals surface area contributed by atoms with Crippen molar-refractivity contribution in [2.45, 2.75) is 42.0 Å². The fourth-order valence-corrected chi connectivity index (χ4v) is 5.92. The van der Waals surface area contributed by atoms with Crippen molar-refractivity contribution in [1.29, 1.82) is 0 Å². The second-order valence-corrected chi connectivity index (χ2v) is 9.79. The Hall–Kier alpha value is -2.23. The predicted octanol–water partition coefficient (Wildman–Crippen LogP) is 0.409. The van der Waals surface area contributed by atoms with Crippen LogP contribution in [0.15, 0.2) is 16.9 Å². The van der Waals surface area contributed by atoms with Gasteiger partial charge in [-0.2, -0.15) is 0 Å². The molecule has 0 bridgehead atoms. The predicted molar refractivity (Wildman–Crippen MR) is 87.5 cm³/mol. The summed E-state index contributed by atoms with van der Waals surface area (Å²) in [5.41, 5.74) is -1.18. The van der Waals surface area contributed by atoms with Crippen molar-refractivity contribution in [3.05, 3.63) is 33.7 Å². The molecular weight excluding hydrogens is 367 g/mol. The smallest absolute Gasteiger partial charge is 0.341 e. The number of pyridine rings is 1. The van der Waals surface area contributed by atoms with Gasteiger partial charge in [0.2, 0.25) is 5.00 Å². The summed E-state index contributed by atoms with van der Waals surface area (Å²) in [7, 11) is -3.99. The van der Waals surface area contributed by atoms with E-state index >= 15 is 0 Å². The molecule has 0 unspecified atom stereocenters. The van der Waals surface area contributed by atoms with Crippen molar-refractivity contribution in [1.82, 2.24) is 9.47 Å². The van der Waals surface area contributed by atoms with Gasteiger partial charge in [0.1, 0.15) is 11.3 Å². The molecule has 2 saturated carbocycles. The van der Waals surface area contributed by atoms with Gasteiger partial charge in [-0.05, 0) is 37.8 Å². The van der Waals surface area contributed by atoms with E-state index < -0.39 is 42.6 Å². The van der Waals surface area contributed by atoms with E-state index in [1.807, 2.05) is 0 Å². The standard InChI is InChI=1S/C16H17FN2O6S/c17-16(5-6-16)26(24,25)15(3-4-15)9-18-7-8-19-11(13(18)21)2-1-10(12(19)20)14(22)23/h1-2H,3-9H2,(H,22,23). The lowest BCUT2D eigenvalue weighted by Gasteiger charge is -2.33. The fourth-order valence-electron chi connectivity index (χ4n) is 3.54. The van der Waals surface area contributed by atoms with E-state index in [0.29, 0.717) is 12.8 Å². The van der Waals surface area contributed by atoms with Crippen LogP contribution in [0.2, 0.25) is 0 Å². The highest BCUT2D eigenvalue weighted by molar-refractivity contribution is 7.94. The summed E-state index contributed by atoms with van der Waals surface area (Å²) >= 11 is 0. The number of alkyl halides is 1. The summed E-state index contributed by atoms with van der Waals surface area (Å²) in [5.74, 6) is -1.92. The van der Waals surface area contributed by atoms with Gasteiger partial charge in [-0.1, -0.05) is 0 Å². The van der Waals surface area contributed by atoms with Gasteiger partial charge in [-0.15, -0.1) is 0 Å². The van der Waals surface area contributed by atoms with Gasteiger partial charge in [0.15, 0.2) is 9.84 Å². The third kappa shape index (κ3) is 2.24. The van der Waals surface area contributed by atoms with Gasteiger partial charge in [-0.25, -0.2) is 17.6 Å². The fraction of sp³-hybridized carbons (Fsp3) is 0.562. The Morgan fingerprint density at radius 1 is 1.15 bits per heavy atom. The molecule has 4 rings (SSSR count). The van der Waals surface area contributed by atoms with Crippen LogP contribution < -0.4 is 5.56 Å². The summed E-state index contributed by atoms with van der Waals surface area (Å²) in [6.07, 6.45) is 0.632. The second kappa shape index (κ2) is 5.15. The number of amides is 1. The molecule has 2 heterocycles. The highest BCUT2D eigenvalue weighted by Crippen LogP contribution is 2.57. The van der Waals surface area contributed by atoms with E-state index in [2.05, 4.69) is 0 Å². The van der Waals surface area contributed by atoms with Crippen LogP contribution >= 0.6 is 0 Å². The molecule has 1 aliphatic heterocycles. The molecule has 2 fully saturated rings. The molecule has 8 nitrogen and oxygen atoms in total. The van der Waals surface area contributed by atoms with E-state index in [9.17, 15) is 27.2 Å². The zero-order chi connectivity index (χ0) is 18.9. The number of carboxylic acids is 1. The molecule has 2 aliphatic carbocycles. The lowest BCUT2D eigenvalue weighted by molar-refractivity contribution is 0.0671. The van der Waals surface area contributed by atoms with E-state index in [-0.39, 0.29) is 38.2 Å². The quantitative estimate of drug-likeness (QED) is 0.787. The van der Waals surface area contributed by atoms with Crippen LogP contribution in [0.4, 0.5) is 4.39 Å². The van der Waals surface area contributed by atoms with Crippen LogP contribution in [0.25, 0.3) is 0 Å². The molecule has 0 aromatic carbocycles. The number of nitrogens with zero attached hydrogens (tertiary/aromatic N) is 2. The number of hydrogen-bond donors (Lipinski definition) is 1. The van der Waals surface area contributed by atoms with Crippen LogP contribution in [-0.2, 0) is 16.4 Å². The number of carboxylic acid groups (broad SMARTS) is 1. The molecule has 0 radical (unpaired) electrons. The highest BCUT2D eigenvalue weighted by Gasteiger charge is 2.68. The van der Waals surface area contributed by atoms with E-state index in [1.165, 1.54) is 11.0 Å². The monoisotopic (exact) mass is 384 g/mol. The maximum Gasteiger partial charge on any atom is 0.341 e. The lowest BCUT2D eigenvalue weighted by atomic mass is 10.1. The number of halogens is 1. The zero-order valence-corrected chi connectivity index (χ0v) is 14.6. The maximum atomic E-state index is 14.3. The van der Waals surface area contributed by atoms with Crippen LogP contribution in [-0.4, -0.2) is 57.7 Å². The Balaban J connectivity index is 1.62. The van der Waals surface area contributed by atoms with Gasteiger partial charge in [-0.3, -0.25) is 9.59 Å². The molecule has 26 heavy (non-hydrogen) atoms. The molecule has 0 atom stereocenters. The molecular formula is C16H17FN2O6S. The van der Waals surface area contributed by atoms with Gasteiger partial charge in [0, 0.05) is 19.6 Å².